The highest BCUT2D eigenvalue weighted by atomic mass is 15.3. The van der Waals surface area contributed by atoms with Crippen LogP contribution in [-0.2, 0) is 0 Å². The topological polar surface area (TPSA) is 44.3 Å². The van der Waals surface area contributed by atoms with Gasteiger partial charge in [0.25, 0.3) is 0 Å². The van der Waals surface area contributed by atoms with E-state index in [1.807, 2.05) is 0 Å². The minimum atomic E-state index is 0.933. The highest BCUT2D eigenvalue weighted by Crippen LogP contribution is 2.22. The van der Waals surface area contributed by atoms with Crippen LogP contribution in [0.25, 0.3) is 0 Å². The third kappa shape index (κ3) is 4.83. The molecule has 28 heavy (non-hydrogen) atoms. The van der Waals surface area contributed by atoms with Crippen molar-refractivity contribution in [3.05, 3.63) is 53.9 Å². The summed E-state index contributed by atoms with van der Waals surface area (Å²) in [7, 11) is 0. The van der Waals surface area contributed by atoms with Crippen molar-refractivity contribution >= 4 is 17.3 Å². The summed E-state index contributed by atoms with van der Waals surface area (Å²) in [6.07, 6.45) is 10.4. The van der Waals surface area contributed by atoms with Crippen LogP contribution in [0.4, 0.5) is 17.3 Å². The van der Waals surface area contributed by atoms with Gasteiger partial charge < -0.3 is 15.1 Å². The van der Waals surface area contributed by atoms with Crippen molar-refractivity contribution in [2.45, 2.75) is 39.0 Å². The molecule has 2 aliphatic rings. The number of anilines is 3. The molecule has 0 amide bonds. The van der Waals surface area contributed by atoms with E-state index in [4.69, 9.17) is 0 Å². The van der Waals surface area contributed by atoms with Crippen molar-refractivity contribution < 1.29 is 0 Å². The van der Waals surface area contributed by atoms with E-state index >= 15 is 0 Å². The van der Waals surface area contributed by atoms with Gasteiger partial charge >= 0.3 is 0 Å². The Labute approximate surface area is 168 Å². The minimum Gasteiger partial charge on any atom is -0.370 e. The van der Waals surface area contributed by atoms with E-state index in [-0.39, 0.29) is 0 Å². The number of nitrogens with zero attached hydrogens (tertiary/aromatic N) is 4. The Bertz CT molecular complexity index is 808. The molecule has 2 aromatic rings. The predicted octanol–water partition coefficient (Wildman–Crippen LogP) is 4.41. The largest absolute Gasteiger partial charge is 0.370 e. The van der Waals surface area contributed by atoms with E-state index in [0.29, 0.717) is 0 Å². The first-order valence-electron chi connectivity index (χ1n) is 10.6. The van der Waals surface area contributed by atoms with Crippen molar-refractivity contribution in [2.24, 2.45) is 0 Å². The summed E-state index contributed by atoms with van der Waals surface area (Å²) in [5.74, 6) is 1.96. The summed E-state index contributed by atoms with van der Waals surface area (Å²) in [6.45, 7) is 7.10. The zero-order chi connectivity index (χ0) is 19.2. The molecular formula is C23H31N5. The number of aryl methyl sites for hydroxylation is 1. The maximum absolute atomic E-state index is 4.52. The number of nitrogens with one attached hydrogen (secondary N) is 1. The molecule has 2 heterocycles. The van der Waals surface area contributed by atoms with Crippen LogP contribution in [0.15, 0.2) is 48.3 Å². The second kappa shape index (κ2) is 9.09. The molecule has 1 saturated heterocycles. The van der Waals surface area contributed by atoms with Crippen LogP contribution in [-0.4, -0.2) is 42.7 Å². The average molecular weight is 378 g/mol. The van der Waals surface area contributed by atoms with Crippen LogP contribution in [0.1, 0.15) is 37.7 Å². The molecule has 0 saturated carbocycles. The van der Waals surface area contributed by atoms with Gasteiger partial charge in [-0.25, -0.2) is 9.97 Å². The normalized spacial score (nSPS) is 17.4. The number of benzene rings is 1. The molecule has 0 spiro atoms. The quantitative estimate of drug-likeness (QED) is 0.755. The molecule has 4 rings (SSSR count). The van der Waals surface area contributed by atoms with Crippen molar-refractivity contribution in [1.82, 2.24) is 9.97 Å². The zero-order valence-corrected chi connectivity index (χ0v) is 16.9. The van der Waals surface area contributed by atoms with Crippen LogP contribution < -0.4 is 15.1 Å². The molecule has 1 fully saturated rings. The Morgan fingerprint density at radius 3 is 2.64 bits per heavy atom. The summed E-state index contributed by atoms with van der Waals surface area (Å²) in [4.78, 5) is 13.8. The van der Waals surface area contributed by atoms with E-state index in [0.717, 1.165) is 50.8 Å². The van der Waals surface area contributed by atoms with E-state index < -0.39 is 0 Å². The molecule has 148 valence electrons. The van der Waals surface area contributed by atoms with Crippen LogP contribution in [0, 0.1) is 6.92 Å². The van der Waals surface area contributed by atoms with Gasteiger partial charge in [0.2, 0.25) is 0 Å². The zero-order valence-electron chi connectivity index (χ0n) is 16.9. The summed E-state index contributed by atoms with van der Waals surface area (Å²) >= 11 is 0. The van der Waals surface area contributed by atoms with E-state index in [1.165, 1.54) is 36.9 Å². The average Bonchev–Trinajstić information content (AvgIpc) is 2.75. The SMILES string of the molecule is Cc1cccc(N2CCN(c3cc(NCCC4=CCCCC4)ncn3)CC2)c1. The van der Waals surface area contributed by atoms with Crippen molar-refractivity contribution in [1.29, 1.82) is 0 Å². The molecule has 1 aliphatic heterocycles. The molecule has 1 aliphatic carbocycles. The number of piperazine rings is 1. The van der Waals surface area contributed by atoms with Crippen molar-refractivity contribution in [2.75, 3.05) is 47.8 Å². The first kappa shape index (κ1) is 18.8. The number of hydrogen-bond acceptors (Lipinski definition) is 5. The van der Waals surface area contributed by atoms with Gasteiger partial charge in [0, 0.05) is 44.5 Å². The molecular weight excluding hydrogens is 346 g/mol. The molecule has 5 nitrogen and oxygen atoms in total. The Hall–Kier alpha value is -2.56. The van der Waals surface area contributed by atoms with Gasteiger partial charge in [-0.15, -0.1) is 0 Å². The Balaban J connectivity index is 1.30. The molecule has 0 bridgehead atoms. The third-order valence-corrected chi connectivity index (χ3v) is 5.76. The van der Waals surface area contributed by atoms with Gasteiger partial charge in [-0.1, -0.05) is 23.8 Å². The van der Waals surface area contributed by atoms with Gasteiger partial charge in [-0.3, -0.25) is 0 Å². The van der Waals surface area contributed by atoms with Crippen molar-refractivity contribution in [3.63, 3.8) is 0 Å². The van der Waals surface area contributed by atoms with E-state index in [9.17, 15) is 0 Å². The number of allylic oxidation sites excluding steroid dienone is 1. The number of rotatable bonds is 6. The fraction of sp³-hybridized carbons (Fsp3) is 0.478. The van der Waals surface area contributed by atoms with Crippen LogP contribution >= 0.6 is 0 Å². The first-order valence-corrected chi connectivity index (χ1v) is 10.6. The van der Waals surface area contributed by atoms with Gasteiger partial charge in [-0.2, -0.15) is 0 Å². The summed E-state index contributed by atoms with van der Waals surface area (Å²) < 4.78 is 0. The Morgan fingerprint density at radius 2 is 1.86 bits per heavy atom. The maximum Gasteiger partial charge on any atom is 0.134 e. The summed E-state index contributed by atoms with van der Waals surface area (Å²) in [5.41, 5.74) is 4.23. The predicted molar refractivity (Wildman–Crippen MR) is 117 cm³/mol. The third-order valence-electron chi connectivity index (χ3n) is 5.76. The Morgan fingerprint density at radius 1 is 1.00 bits per heavy atom. The lowest BCUT2D eigenvalue weighted by atomic mass is 9.97. The molecule has 1 aromatic carbocycles. The maximum atomic E-state index is 4.52. The number of aromatic nitrogens is 2. The summed E-state index contributed by atoms with van der Waals surface area (Å²) in [5, 5.41) is 3.48. The monoisotopic (exact) mass is 377 g/mol. The Kier molecular flexibility index (Phi) is 6.10. The van der Waals surface area contributed by atoms with E-state index in [2.05, 4.69) is 68.4 Å². The highest BCUT2D eigenvalue weighted by Gasteiger charge is 2.18. The van der Waals surface area contributed by atoms with Crippen LogP contribution in [0.3, 0.4) is 0 Å². The molecule has 5 heteroatoms. The lowest BCUT2D eigenvalue weighted by Gasteiger charge is -2.36. The van der Waals surface area contributed by atoms with Crippen LogP contribution in [0.5, 0.6) is 0 Å². The van der Waals surface area contributed by atoms with Gasteiger partial charge in [0.05, 0.1) is 0 Å². The van der Waals surface area contributed by atoms with Gasteiger partial charge in [-0.05, 0) is 56.7 Å². The smallest absolute Gasteiger partial charge is 0.134 e. The van der Waals surface area contributed by atoms with E-state index in [1.54, 1.807) is 11.9 Å². The second-order valence-corrected chi connectivity index (χ2v) is 7.86. The number of hydrogen-bond donors (Lipinski definition) is 1. The van der Waals surface area contributed by atoms with Gasteiger partial charge in [0.15, 0.2) is 0 Å². The van der Waals surface area contributed by atoms with Crippen molar-refractivity contribution in [3.8, 4) is 0 Å². The summed E-state index contributed by atoms with van der Waals surface area (Å²) in [6, 6.07) is 10.9. The molecule has 1 N–H and O–H groups in total. The first-order chi connectivity index (χ1) is 13.8. The van der Waals surface area contributed by atoms with Crippen LogP contribution in [0.2, 0.25) is 0 Å². The lowest BCUT2D eigenvalue weighted by molar-refractivity contribution is 0.646. The highest BCUT2D eigenvalue weighted by molar-refractivity contribution is 5.53. The standard InChI is InChI=1S/C23H31N5/c1-19-6-5-9-21(16-19)27-12-14-28(15-13-27)23-17-22(25-18-26-23)24-11-10-20-7-3-2-4-8-20/h5-7,9,16-18H,2-4,8,10-15H2,1H3,(H,24,25,26). The fourth-order valence-corrected chi connectivity index (χ4v) is 4.12. The van der Waals surface area contributed by atoms with Gasteiger partial charge in [0.1, 0.15) is 18.0 Å². The fourth-order valence-electron chi connectivity index (χ4n) is 4.12. The second-order valence-electron chi connectivity index (χ2n) is 7.86. The molecule has 0 radical (unpaired) electrons. The molecule has 1 aromatic heterocycles. The molecule has 0 unspecified atom stereocenters. The molecule has 0 atom stereocenters. The lowest BCUT2D eigenvalue weighted by Crippen LogP contribution is -2.46. The minimum absolute atomic E-state index is 0.933.